The predicted molar refractivity (Wildman–Crippen MR) is 104 cm³/mol. The normalized spacial score (nSPS) is 11.2. The molecule has 3 aromatic rings. The molecule has 3 rings (SSSR count). The number of benzene rings is 3. The molecule has 0 fully saturated rings. The maximum absolute atomic E-state index is 13.4. The average Bonchev–Trinajstić information content (AvgIpc) is 2.68. The summed E-state index contributed by atoms with van der Waals surface area (Å²) in [5.74, 6) is 0.151. The van der Waals surface area contributed by atoms with Crippen molar-refractivity contribution >= 4 is 15.7 Å². The third-order valence-corrected chi connectivity index (χ3v) is 6.13. The highest BCUT2D eigenvalue weighted by atomic mass is 32.2. The van der Waals surface area contributed by atoms with Gasteiger partial charge < -0.3 is 4.74 Å². The largest absolute Gasteiger partial charge is 0.497 e. The maximum atomic E-state index is 13.4. The number of halogens is 1. The Hall–Kier alpha value is -2.86. The molecule has 0 aromatic heterocycles. The quantitative estimate of drug-likeness (QED) is 0.626. The van der Waals surface area contributed by atoms with E-state index in [0.717, 1.165) is 11.1 Å². The molecule has 0 heterocycles. The average molecular weight is 385 g/mol. The van der Waals surface area contributed by atoms with Crippen LogP contribution in [0.25, 0.3) is 0 Å². The SMILES string of the molecule is COc1ccc(S(=O)(=O)N(Cc2ccccc2C)c2ccc(F)cc2)cc1. The van der Waals surface area contributed by atoms with E-state index < -0.39 is 15.8 Å². The van der Waals surface area contributed by atoms with Gasteiger partial charge in [-0.05, 0) is 66.6 Å². The van der Waals surface area contributed by atoms with E-state index in [-0.39, 0.29) is 11.4 Å². The van der Waals surface area contributed by atoms with Crippen LogP contribution in [-0.4, -0.2) is 15.5 Å². The van der Waals surface area contributed by atoms with Gasteiger partial charge in [0.05, 0.1) is 24.2 Å². The lowest BCUT2D eigenvalue weighted by molar-refractivity contribution is 0.414. The molecular formula is C21H20FNO3S. The van der Waals surface area contributed by atoms with Crippen molar-refractivity contribution in [1.29, 1.82) is 0 Å². The van der Waals surface area contributed by atoms with Crippen LogP contribution in [0.15, 0.2) is 77.7 Å². The highest BCUT2D eigenvalue weighted by Gasteiger charge is 2.25. The zero-order valence-corrected chi connectivity index (χ0v) is 15.9. The fourth-order valence-corrected chi connectivity index (χ4v) is 4.18. The highest BCUT2D eigenvalue weighted by molar-refractivity contribution is 7.92. The third-order valence-electron chi connectivity index (χ3n) is 4.34. The number of hydrogen-bond acceptors (Lipinski definition) is 3. The number of methoxy groups -OCH3 is 1. The topological polar surface area (TPSA) is 46.6 Å². The third kappa shape index (κ3) is 4.11. The Morgan fingerprint density at radius 1 is 0.926 bits per heavy atom. The Morgan fingerprint density at radius 3 is 2.15 bits per heavy atom. The van der Waals surface area contributed by atoms with Crippen molar-refractivity contribution in [2.45, 2.75) is 18.4 Å². The first-order chi connectivity index (χ1) is 12.9. The maximum Gasteiger partial charge on any atom is 0.264 e. The minimum absolute atomic E-state index is 0.140. The van der Waals surface area contributed by atoms with Gasteiger partial charge in [-0.15, -0.1) is 0 Å². The molecule has 4 nitrogen and oxygen atoms in total. The van der Waals surface area contributed by atoms with Crippen molar-refractivity contribution < 1.29 is 17.5 Å². The number of hydrogen-bond donors (Lipinski definition) is 0. The van der Waals surface area contributed by atoms with E-state index in [0.29, 0.717) is 11.4 Å². The van der Waals surface area contributed by atoms with Gasteiger partial charge in [0.15, 0.2) is 0 Å². The molecule has 0 saturated carbocycles. The van der Waals surface area contributed by atoms with Crippen LogP contribution in [0.4, 0.5) is 10.1 Å². The van der Waals surface area contributed by atoms with Gasteiger partial charge in [-0.3, -0.25) is 4.31 Å². The highest BCUT2D eigenvalue weighted by Crippen LogP contribution is 2.28. The number of rotatable bonds is 6. The van der Waals surface area contributed by atoms with Crippen LogP contribution in [0, 0.1) is 12.7 Å². The fourth-order valence-electron chi connectivity index (χ4n) is 2.74. The van der Waals surface area contributed by atoms with Crippen molar-refractivity contribution in [2.75, 3.05) is 11.4 Å². The fraction of sp³-hybridized carbons (Fsp3) is 0.143. The van der Waals surface area contributed by atoms with Crippen LogP contribution in [0.1, 0.15) is 11.1 Å². The first kappa shape index (κ1) is 18.9. The summed E-state index contributed by atoms with van der Waals surface area (Å²) in [7, 11) is -2.33. The molecule has 0 aliphatic rings. The minimum atomic E-state index is -3.85. The van der Waals surface area contributed by atoms with Gasteiger partial charge in [0.1, 0.15) is 11.6 Å². The first-order valence-corrected chi connectivity index (χ1v) is 9.82. The molecule has 0 saturated heterocycles. The molecule has 0 bridgehead atoms. The molecule has 140 valence electrons. The summed E-state index contributed by atoms with van der Waals surface area (Å²) in [6, 6.07) is 19.2. The Labute approximate surface area is 158 Å². The van der Waals surface area contributed by atoms with Crippen LogP contribution >= 0.6 is 0 Å². The minimum Gasteiger partial charge on any atom is -0.497 e. The van der Waals surface area contributed by atoms with E-state index >= 15 is 0 Å². The van der Waals surface area contributed by atoms with Crippen molar-refractivity contribution in [3.8, 4) is 5.75 Å². The zero-order valence-electron chi connectivity index (χ0n) is 15.1. The lowest BCUT2D eigenvalue weighted by Gasteiger charge is -2.25. The van der Waals surface area contributed by atoms with Gasteiger partial charge in [0, 0.05) is 0 Å². The smallest absolute Gasteiger partial charge is 0.264 e. The lowest BCUT2D eigenvalue weighted by atomic mass is 10.1. The molecule has 0 N–H and O–H groups in total. The molecular weight excluding hydrogens is 365 g/mol. The van der Waals surface area contributed by atoms with Crippen molar-refractivity contribution in [2.24, 2.45) is 0 Å². The second-order valence-corrected chi connectivity index (χ2v) is 7.95. The molecule has 0 atom stereocenters. The van der Waals surface area contributed by atoms with E-state index in [4.69, 9.17) is 4.74 Å². The van der Waals surface area contributed by atoms with Crippen LogP contribution < -0.4 is 9.04 Å². The number of nitrogens with zero attached hydrogens (tertiary/aromatic N) is 1. The second-order valence-electron chi connectivity index (χ2n) is 6.09. The van der Waals surface area contributed by atoms with Gasteiger partial charge in [-0.2, -0.15) is 0 Å². The van der Waals surface area contributed by atoms with Gasteiger partial charge in [-0.1, -0.05) is 24.3 Å². The lowest BCUT2D eigenvalue weighted by Crippen LogP contribution is -2.30. The van der Waals surface area contributed by atoms with Crippen molar-refractivity contribution in [3.63, 3.8) is 0 Å². The van der Waals surface area contributed by atoms with E-state index in [9.17, 15) is 12.8 Å². The molecule has 0 unspecified atom stereocenters. The monoisotopic (exact) mass is 385 g/mol. The molecule has 27 heavy (non-hydrogen) atoms. The summed E-state index contributed by atoms with van der Waals surface area (Å²) in [6.07, 6.45) is 0. The Bertz CT molecular complexity index is 1020. The van der Waals surface area contributed by atoms with Crippen LogP contribution in [0.5, 0.6) is 5.75 Å². The zero-order chi connectivity index (χ0) is 19.4. The second kappa shape index (κ2) is 7.80. The summed E-state index contributed by atoms with van der Waals surface area (Å²) in [5, 5.41) is 0. The number of anilines is 1. The molecule has 3 aromatic carbocycles. The van der Waals surface area contributed by atoms with Gasteiger partial charge >= 0.3 is 0 Å². The first-order valence-electron chi connectivity index (χ1n) is 8.38. The number of sulfonamides is 1. The van der Waals surface area contributed by atoms with Crippen LogP contribution in [0.2, 0.25) is 0 Å². The van der Waals surface area contributed by atoms with Gasteiger partial charge in [0.25, 0.3) is 10.0 Å². The Kier molecular flexibility index (Phi) is 5.46. The van der Waals surface area contributed by atoms with Crippen molar-refractivity contribution in [3.05, 3.63) is 89.7 Å². The summed E-state index contributed by atoms with van der Waals surface area (Å²) < 4.78 is 46.4. The van der Waals surface area contributed by atoms with E-state index in [1.165, 1.54) is 47.8 Å². The summed E-state index contributed by atoms with van der Waals surface area (Å²) in [5.41, 5.74) is 2.25. The van der Waals surface area contributed by atoms with Crippen LogP contribution in [-0.2, 0) is 16.6 Å². The van der Waals surface area contributed by atoms with E-state index in [1.807, 2.05) is 31.2 Å². The molecule has 0 amide bonds. The Morgan fingerprint density at radius 2 is 1.56 bits per heavy atom. The summed E-state index contributed by atoms with van der Waals surface area (Å²) in [4.78, 5) is 0.140. The predicted octanol–water partition coefficient (Wildman–Crippen LogP) is 4.54. The molecule has 0 aliphatic carbocycles. The van der Waals surface area contributed by atoms with Gasteiger partial charge in [0.2, 0.25) is 0 Å². The Balaban J connectivity index is 2.07. The molecule has 0 spiro atoms. The van der Waals surface area contributed by atoms with Gasteiger partial charge in [-0.25, -0.2) is 12.8 Å². The summed E-state index contributed by atoms with van der Waals surface area (Å²) in [6.45, 7) is 2.07. The summed E-state index contributed by atoms with van der Waals surface area (Å²) >= 11 is 0. The van der Waals surface area contributed by atoms with E-state index in [2.05, 4.69) is 0 Å². The standard InChI is InChI=1S/C21H20FNO3S/c1-16-5-3-4-6-17(16)15-23(19-9-7-18(22)8-10-19)27(24,25)21-13-11-20(26-2)12-14-21/h3-14H,15H2,1-2H3. The van der Waals surface area contributed by atoms with Crippen molar-refractivity contribution in [1.82, 2.24) is 0 Å². The molecule has 0 aliphatic heterocycles. The van der Waals surface area contributed by atoms with Crippen LogP contribution in [0.3, 0.4) is 0 Å². The number of ether oxygens (including phenoxy) is 1. The van der Waals surface area contributed by atoms with E-state index in [1.54, 1.807) is 12.1 Å². The number of aryl methyl sites for hydroxylation is 1. The molecule has 6 heteroatoms. The molecule has 0 radical (unpaired) electrons.